The molecule has 1 aliphatic carbocycles. The van der Waals surface area contributed by atoms with Crippen molar-refractivity contribution in [1.29, 1.82) is 0 Å². The van der Waals surface area contributed by atoms with E-state index in [1.165, 1.54) is 38.5 Å². The van der Waals surface area contributed by atoms with Crippen LogP contribution in [-0.2, 0) is 9.47 Å². The highest BCUT2D eigenvalue weighted by Crippen LogP contribution is 2.22. The van der Waals surface area contributed by atoms with Gasteiger partial charge in [-0.05, 0) is 32.1 Å². The SMILES string of the molecule is CCCCOC1CCC(OC)CC1. The van der Waals surface area contributed by atoms with Crippen LogP contribution in [0, 0.1) is 0 Å². The van der Waals surface area contributed by atoms with Gasteiger partial charge in [0.1, 0.15) is 0 Å². The van der Waals surface area contributed by atoms with Gasteiger partial charge in [0.15, 0.2) is 0 Å². The largest absolute Gasteiger partial charge is 0.381 e. The molecule has 0 bridgehead atoms. The summed E-state index contributed by atoms with van der Waals surface area (Å²) < 4.78 is 11.1. The Morgan fingerprint density at radius 1 is 1.08 bits per heavy atom. The lowest BCUT2D eigenvalue weighted by Crippen LogP contribution is -2.25. The minimum atomic E-state index is 0.492. The number of methoxy groups -OCH3 is 1. The van der Waals surface area contributed by atoms with Gasteiger partial charge in [-0.1, -0.05) is 13.3 Å². The topological polar surface area (TPSA) is 18.5 Å². The first-order valence-corrected chi connectivity index (χ1v) is 5.51. The van der Waals surface area contributed by atoms with Crippen molar-refractivity contribution in [3.05, 3.63) is 0 Å². The lowest BCUT2D eigenvalue weighted by molar-refractivity contribution is -0.0170. The molecule has 1 saturated carbocycles. The summed E-state index contributed by atoms with van der Waals surface area (Å²) in [6.07, 6.45) is 8.15. The van der Waals surface area contributed by atoms with Gasteiger partial charge in [0.05, 0.1) is 12.2 Å². The molecule has 0 spiro atoms. The van der Waals surface area contributed by atoms with Gasteiger partial charge in [-0.15, -0.1) is 0 Å². The minimum Gasteiger partial charge on any atom is -0.381 e. The van der Waals surface area contributed by atoms with Crippen molar-refractivity contribution in [1.82, 2.24) is 0 Å². The summed E-state index contributed by atoms with van der Waals surface area (Å²) >= 11 is 0. The van der Waals surface area contributed by atoms with Gasteiger partial charge < -0.3 is 9.47 Å². The van der Waals surface area contributed by atoms with Gasteiger partial charge in [0.25, 0.3) is 0 Å². The van der Waals surface area contributed by atoms with Gasteiger partial charge in [-0.2, -0.15) is 0 Å². The monoisotopic (exact) mass is 186 g/mol. The van der Waals surface area contributed by atoms with Crippen LogP contribution in [-0.4, -0.2) is 25.9 Å². The summed E-state index contributed by atoms with van der Waals surface area (Å²) in [4.78, 5) is 0. The third-order valence-electron chi connectivity index (χ3n) is 2.81. The molecular weight excluding hydrogens is 164 g/mol. The predicted molar refractivity (Wildman–Crippen MR) is 53.9 cm³/mol. The highest BCUT2D eigenvalue weighted by atomic mass is 16.5. The van der Waals surface area contributed by atoms with Crippen LogP contribution in [0.2, 0.25) is 0 Å². The Labute approximate surface area is 81.6 Å². The summed E-state index contributed by atoms with van der Waals surface area (Å²) in [5.74, 6) is 0. The lowest BCUT2D eigenvalue weighted by atomic mass is 9.95. The lowest BCUT2D eigenvalue weighted by Gasteiger charge is -2.27. The summed E-state index contributed by atoms with van der Waals surface area (Å²) in [6, 6.07) is 0. The Balaban J connectivity index is 2.03. The van der Waals surface area contributed by atoms with Crippen molar-refractivity contribution in [2.75, 3.05) is 13.7 Å². The van der Waals surface area contributed by atoms with E-state index in [1.807, 2.05) is 7.11 Å². The molecule has 0 heterocycles. The van der Waals surface area contributed by atoms with Crippen LogP contribution in [0.15, 0.2) is 0 Å². The van der Waals surface area contributed by atoms with Gasteiger partial charge in [0, 0.05) is 13.7 Å². The van der Waals surface area contributed by atoms with Crippen molar-refractivity contribution >= 4 is 0 Å². The fourth-order valence-electron chi connectivity index (χ4n) is 1.83. The standard InChI is InChI=1S/C11H22O2/c1-3-4-9-13-11-7-5-10(12-2)6-8-11/h10-11H,3-9H2,1-2H3. The molecule has 1 rings (SSSR count). The van der Waals surface area contributed by atoms with Gasteiger partial charge in [-0.3, -0.25) is 0 Å². The molecule has 1 fully saturated rings. The molecule has 0 saturated heterocycles. The fraction of sp³-hybridized carbons (Fsp3) is 1.00. The van der Waals surface area contributed by atoms with Crippen LogP contribution in [0.4, 0.5) is 0 Å². The summed E-state index contributed by atoms with van der Waals surface area (Å²) in [6.45, 7) is 3.14. The number of ether oxygens (including phenoxy) is 2. The maximum absolute atomic E-state index is 5.76. The molecule has 13 heavy (non-hydrogen) atoms. The molecule has 0 aromatic rings. The molecule has 0 aromatic carbocycles. The second kappa shape index (κ2) is 6.39. The molecule has 0 N–H and O–H groups in total. The van der Waals surface area contributed by atoms with Crippen molar-refractivity contribution in [3.8, 4) is 0 Å². The third-order valence-corrected chi connectivity index (χ3v) is 2.81. The van der Waals surface area contributed by atoms with E-state index in [4.69, 9.17) is 9.47 Å². The maximum atomic E-state index is 5.76. The van der Waals surface area contributed by atoms with Crippen molar-refractivity contribution in [3.63, 3.8) is 0 Å². The molecule has 0 amide bonds. The number of rotatable bonds is 5. The molecule has 2 heteroatoms. The van der Waals surface area contributed by atoms with Gasteiger partial charge in [-0.25, -0.2) is 0 Å². The quantitative estimate of drug-likeness (QED) is 0.615. The van der Waals surface area contributed by atoms with E-state index in [0.29, 0.717) is 12.2 Å². The Hall–Kier alpha value is -0.0800. The van der Waals surface area contributed by atoms with E-state index < -0.39 is 0 Å². The Morgan fingerprint density at radius 2 is 1.69 bits per heavy atom. The average molecular weight is 186 g/mol. The zero-order valence-corrected chi connectivity index (χ0v) is 8.92. The Morgan fingerprint density at radius 3 is 2.23 bits per heavy atom. The molecule has 0 atom stereocenters. The molecule has 1 aliphatic rings. The average Bonchev–Trinajstić information content (AvgIpc) is 2.19. The molecule has 2 nitrogen and oxygen atoms in total. The first-order chi connectivity index (χ1) is 6.36. The molecule has 0 radical (unpaired) electrons. The smallest absolute Gasteiger partial charge is 0.0577 e. The Kier molecular flexibility index (Phi) is 5.40. The predicted octanol–water partition coefficient (Wildman–Crippen LogP) is 2.76. The highest BCUT2D eigenvalue weighted by molar-refractivity contribution is 4.72. The summed E-state index contributed by atoms with van der Waals surface area (Å²) in [5, 5.41) is 0. The van der Waals surface area contributed by atoms with E-state index in [2.05, 4.69) is 6.92 Å². The van der Waals surface area contributed by atoms with Gasteiger partial charge >= 0.3 is 0 Å². The van der Waals surface area contributed by atoms with Crippen molar-refractivity contribution < 1.29 is 9.47 Å². The molecule has 0 unspecified atom stereocenters. The highest BCUT2D eigenvalue weighted by Gasteiger charge is 2.20. The van der Waals surface area contributed by atoms with E-state index in [9.17, 15) is 0 Å². The summed E-state index contributed by atoms with van der Waals surface area (Å²) in [7, 11) is 1.81. The minimum absolute atomic E-state index is 0.492. The molecular formula is C11H22O2. The van der Waals surface area contributed by atoms with E-state index in [-0.39, 0.29) is 0 Å². The molecule has 0 aliphatic heterocycles. The second-order valence-corrected chi connectivity index (χ2v) is 3.86. The van der Waals surface area contributed by atoms with Crippen LogP contribution in [0.5, 0.6) is 0 Å². The van der Waals surface area contributed by atoms with Crippen LogP contribution < -0.4 is 0 Å². The first kappa shape index (κ1) is 11.0. The van der Waals surface area contributed by atoms with Crippen LogP contribution in [0.1, 0.15) is 45.4 Å². The zero-order valence-electron chi connectivity index (χ0n) is 8.92. The zero-order chi connectivity index (χ0) is 9.52. The number of unbranched alkanes of at least 4 members (excludes halogenated alkanes) is 1. The van der Waals surface area contributed by atoms with E-state index in [0.717, 1.165) is 6.61 Å². The summed E-state index contributed by atoms with van der Waals surface area (Å²) in [5.41, 5.74) is 0. The fourth-order valence-corrected chi connectivity index (χ4v) is 1.83. The number of hydrogen-bond donors (Lipinski definition) is 0. The van der Waals surface area contributed by atoms with E-state index >= 15 is 0 Å². The van der Waals surface area contributed by atoms with Gasteiger partial charge in [0.2, 0.25) is 0 Å². The molecule has 78 valence electrons. The van der Waals surface area contributed by atoms with Crippen LogP contribution in [0.3, 0.4) is 0 Å². The normalized spacial score (nSPS) is 29.1. The van der Waals surface area contributed by atoms with Crippen LogP contribution in [0.25, 0.3) is 0 Å². The number of hydrogen-bond acceptors (Lipinski definition) is 2. The van der Waals surface area contributed by atoms with E-state index in [1.54, 1.807) is 0 Å². The first-order valence-electron chi connectivity index (χ1n) is 5.51. The molecule has 0 aromatic heterocycles. The van der Waals surface area contributed by atoms with Crippen molar-refractivity contribution in [2.45, 2.75) is 57.7 Å². The van der Waals surface area contributed by atoms with Crippen LogP contribution >= 0.6 is 0 Å². The second-order valence-electron chi connectivity index (χ2n) is 3.86. The third kappa shape index (κ3) is 4.10. The van der Waals surface area contributed by atoms with Crippen molar-refractivity contribution in [2.24, 2.45) is 0 Å². The Bertz CT molecular complexity index is 115. The maximum Gasteiger partial charge on any atom is 0.0577 e.